The van der Waals surface area contributed by atoms with Gasteiger partial charge in [0.15, 0.2) is 0 Å². The molecule has 1 heterocycles. The van der Waals surface area contributed by atoms with Crippen molar-refractivity contribution in [2.45, 2.75) is 31.6 Å². The van der Waals surface area contributed by atoms with Crippen LogP contribution in [0.15, 0.2) is 29.1 Å². The Morgan fingerprint density at radius 3 is 2.67 bits per heavy atom. The molecule has 0 aliphatic carbocycles. The molecule has 0 bridgehead atoms. The number of nitrogens with one attached hydrogen (secondary N) is 1. The average Bonchev–Trinajstić information content (AvgIpc) is 3.01. The van der Waals surface area contributed by atoms with Crippen molar-refractivity contribution in [2.24, 2.45) is 5.73 Å². The number of nitrogens with two attached hydrogens (primary N) is 1. The molecular formula is C14H14F4N4O2. The van der Waals surface area contributed by atoms with Crippen molar-refractivity contribution in [3.8, 4) is 11.4 Å². The van der Waals surface area contributed by atoms with Crippen LogP contribution in [0.2, 0.25) is 0 Å². The molecule has 0 fully saturated rings. The van der Waals surface area contributed by atoms with Gasteiger partial charge in [-0.05, 0) is 12.5 Å². The Morgan fingerprint density at radius 1 is 1.38 bits per heavy atom. The molecule has 10 heteroatoms. The molecule has 1 atom stereocenters. The SMILES string of the molecule is NC(=O)C(CCC(F)(F)F)NCc1ccc(-c2ncon2)cc1F. The van der Waals surface area contributed by atoms with E-state index in [4.69, 9.17) is 5.73 Å². The maximum atomic E-state index is 14.0. The minimum Gasteiger partial charge on any atom is -0.368 e. The first-order valence-corrected chi connectivity index (χ1v) is 6.91. The Bertz CT molecular complexity index is 689. The van der Waals surface area contributed by atoms with Gasteiger partial charge in [-0.15, -0.1) is 0 Å². The minimum atomic E-state index is -4.40. The molecule has 1 amide bonds. The van der Waals surface area contributed by atoms with Crippen molar-refractivity contribution >= 4 is 5.91 Å². The van der Waals surface area contributed by atoms with Crippen molar-refractivity contribution in [3.63, 3.8) is 0 Å². The largest absolute Gasteiger partial charge is 0.389 e. The van der Waals surface area contributed by atoms with Gasteiger partial charge in [0, 0.05) is 24.1 Å². The number of nitrogens with zero attached hydrogens (tertiary/aromatic N) is 2. The average molecular weight is 346 g/mol. The van der Waals surface area contributed by atoms with Gasteiger partial charge in [-0.25, -0.2) is 4.39 Å². The van der Waals surface area contributed by atoms with Gasteiger partial charge in [-0.2, -0.15) is 18.2 Å². The van der Waals surface area contributed by atoms with Gasteiger partial charge < -0.3 is 15.6 Å². The van der Waals surface area contributed by atoms with E-state index in [0.717, 1.165) is 12.5 Å². The van der Waals surface area contributed by atoms with Crippen molar-refractivity contribution in [1.82, 2.24) is 15.5 Å². The van der Waals surface area contributed by atoms with E-state index >= 15 is 0 Å². The van der Waals surface area contributed by atoms with E-state index in [1.807, 2.05) is 0 Å². The summed E-state index contributed by atoms with van der Waals surface area (Å²) < 4.78 is 55.3. The summed E-state index contributed by atoms with van der Waals surface area (Å²) in [5.74, 6) is -1.35. The van der Waals surface area contributed by atoms with Crippen molar-refractivity contribution < 1.29 is 26.9 Å². The molecule has 24 heavy (non-hydrogen) atoms. The molecule has 1 aromatic heterocycles. The lowest BCUT2D eigenvalue weighted by atomic mass is 10.1. The minimum absolute atomic E-state index is 0.149. The molecule has 0 aliphatic heterocycles. The normalized spacial score (nSPS) is 13.0. The van der Waals surface area contributed by atoms with E-state index in [-0.39, 0.29) is 17.9 Å². The number of primary amides is 1. The summed E-state index contributed by atoms with van der Waals surface area (Å²) in [6, 6.07) is 2.90. The molecule has 1 unspecified atom stereocenters. The quantitative estimate of drug-likeness (QED) is 0.750. The summed E-state index contributed by atoms with van der Waals surface area (Å²) in [6.45, 7) is -0.149. The van der Waals surface area contributed by atoms with Crippen LogP contribution < -0.4 is 11.1 Å². The second-order valence-electron chi connectivity index (χ2n) is 5.05. The number of hydrogen-bond donors (Lipinski definition) is 2. The lowest BCUT2D eigenvalue weighted by Gasteiger charge is -2.16. The summed E-state index contributed by atoms with van der Waals surface area (Å²) >= 11 is 0. The lowest BCUT2D eigenvalue weighted by molar-refractivity contribution is -0.138. The van der Waals surface area contributed by atoms with Crippen LogP contribution in [0.1, 0.15) is 18.4 Å². The number of rotatable bonds is 7. The first-order valence-electron chi connectivity index (χ1n) is 6.91. The van der Waals surface area contributed by atoms with E-state index in [9.17, 15) is 22.4 Å². The standard InChI is InChI=1S/C14H14F4N4O2/c15-10-5-8(13-21-7-24-22-13)1-2-9(10)6-20-11(12(19)23)3-4-14(16,17)18/h1-2,5,7,11,20H,3-4,6H2,(H2,19,23). The number of hydrogen-bond acceptors (Lipinski definition) is 5. The van der Waals surface area contributed by atoms with E-state index < -0.39 is 36.8 Å². The van der Waals surface area contributed by atoms with Crippen LogP contribution in [0.3, 0.4) is 0 Å². The molecule has 2 aromatic rings. The number of amides is 1. The Balaban J connectivity index is 2.00. The predicted octanol–water partition coefficient (Wildman–Crippen LogP) is 2.16. The van der Waals surface area contributed by atoms with Crippen LogP contribution in [0.4, 0.5) is 17.6 Å². The lowest BCUT2D eigenvalue weighted by Crippen LogP contribution is -2.41. The molecule has 6 nitrogen and oxygen atoms in total. The second-order valence-corrected chi connectivity index (χ2v) is 5.05. The fourth-order valence-corrected chi connectivity index (χ4v) is 2.01. The zero-order chi connectivity index (χ0) is 17.7. The van der Waals surface area contributed by atoms with Crippen molar-refractivity contribution in [1.29, 1.82) is 0 Å². The summed E-state index contributed by atoms with van der Waals surface area (Å²) in [7, 11) is 0. The fraction of sp³-hybridized carbons (Fsp3) is 0.357. The summed E-state index contributed by atoms with van der Waals surface area (Å²) in [6.07, 6.45) is -4.97. The molecule has 0 aliphatic rings. The number of aromatic nitrogens is 2. The number of carbonyl (C=O) groups excluding carboxylic acids is 1. The molecule has 0 spiro atoms. The highest BCUT2D eigenvalue weighted by atomic mass is 19.4. The Hall–Kier alpha value is -2.49. The fourth-order valence-electron chi connectivity index (χ4n) is 2.01. The van der Waals surface area contributed by atoms with Crippen LogP contribution >= 0.6 is 0 Å². The van der Waals surface area contributed by atoms with Gasteiger partial charge in [-0.3, -0.25) is 4.79 Å². The Kier molecular flexibility index (Phi) is 5.50. The van der Waals surface area contributed by atoms with Crippen LogP contribution in [-0.4, -0.2) is 28.3 Å². The number of benzene rings is 1. The van der Waals surface area contributed by atoms with Gasteiger partial charge in [0.05, 0.1) is 6.04 Å². The Morgan fingerprint density at radius 2 is 2.12 bits per heavy atom. The van der Waals surface area contributed by atoms with Crippen LogP contribution in [0.25, 0.3) is 11.4 Å². The second kappa shape index (κ2) is 7.39. The topological polar surface area (TPSA) is 94.0 Å². The van der Waals surface area contributed by atoms with Gasteiger partial charge in [0.2, 0.25) is 18.1 Å². The van der Waals surface area contributed by atoms with Gasteiger partial charge in [0.1, 0.15) is 5.82 Å². The van der Waals surface area contributed by atoms with Gasteiger partial charge in [0.25, 0.3) is 0 Å². The predicted molar refractivity (Wildman–Crippen MR) is 74.8 cm³/mol. The Labute approximate surface area is 134 Å². The molecule has 0 saturated carbocycles. The highest BCUT2D eigenvalue weighted by Crippen LogP contribution is 2.23. The first kappa shape index (κ1) is 17.9. The third-order valence-electron chi connectivity index (χ3n) is 3.27. The van der Waals surface area contributed by atoms with Crippen LogP contribution in [-0.2, 0) is 11.3 Å². The number of carbonyl (C=O) groups is 1. The third-order valence-corrected chi connectivity index (χ3v) is 3.27. The maximum absolute atomic E-state index is 14.0. The zero-order valence-corrected chi connectivity index (χ0v) is 12.3. The molecule has 1 aromatic carbocycles. The maximum Gasteiger partial charge on any atom is 0.389 e. The summed E-state index contributed by atoms with van der Waals surface area (Å²) in [4.78, 5) is 15.0. The van der Waals surface area contributed by atoms with E-state index in [0.29, 0.717) is 5.56 Å². The van der Waals surface area contributed by atoms with E-state index in [1.165, 1.54) is 12.1 Å². The molecule has 2 rings (SSSR count). The molecule has 0 radical (unpaired) electrons. The van der Waals surface area contributed by atoms with E-state index in [1.54, 1.807) is 0 Å². The van der Waals surface area contributed by atoms with Crippen LogP contribution in [0, 0.1) is 5.82 Å². The summed E-state index contributed by atoms with van der Waals surface area (Å²) in [5.41, 5.74) is 5.62. The number of halogens is 4. The third kappa shape index (κ3) is 5.01. The highest BCUT2D eigenvalue weighted by Gasteiger charge is 2.29. The van der Waals surface area contributed by atoms with Crippen molar-refractivity contribution in [3.05, 3.63) is 36.0 Å². The zero-order valence-electron chi connectivity index (χ0n) is 12.3. The summed E-state index contributed by atoms with van der Waals surface area (Å²) in [5, 5.41) is 6.10. The highest BCUT2D eigenvalue weighted by molar-refractivity contribution is 5.79. The van der Waals surface area contributed by atoms with E-state index in [2.05, 4.69) is 20.0 Å². The smallest absolute Gasteiger partial charge is 0.368 e. The first-order chi connectivity index (χ1) is 11.3. The molecule has 130 valence electrons. The number of alkyl halides is 3. The van der Waals surface area contributed by atoms with Gasteiger partial charge in [-0.1, -0.05) is 17.3 Å². The van der Waals surface area contributed by atoms with Gasteiger partial charge >= 0.3 is 6.18 Å². The molecular weight excluding hydrogens is 332 g/mol. The molecule has 0 saturated heterocycles. The van der Waals surface area contributed by atoms with Crippen LogP contribution in [0.5, 0.6) is 0 Å². The molecule has 3 N–H and O–H groups in total. The monoisotopic (exact) mass is 346 g/mol. The van der Waals surface area contributed by atoms with Crippen molar-refractivity contribution in [2.75, 3.05) is 0 Å².